The molecule has 0 spiro atoms. The van der Waals surface area contributed by atoms with E-state index in [1.165, 1.54) is 10.6 Å². The molecule has 0 radical (unpaired) electrons. The van der Waals surface area contributed by atoms with Gasteiger partial charge in [-0.2, -0.15) is 0 Å². The van der Waals surface area contributed by atoms with E-state index in [4.69, 9.17) is 0 Å². The van der Waals surface area contributed by atoms with E-state index in [-0.39, 0.29) is 17.4 Å². The van der Waals surface area contributed by atoms with Crippen LogP contribution in [-0.4, -0.2) is 24.9 Å². The minimum atomic E-state index is -0.549. The first-order valence-electron chi connectivity index (χ1n) is 9.87. The van der Waals surface area contributed by atoms with Crippen molar-refractivity contribution in [1.29, 1.82) is 0 Å². The van der Waals surface area contributed by atoms with E-state index in [0.29, 0.717) is 37.1 Å². The summed E-state index contributed by atoms with van der Waals surface area (Å²) in [7, 11) is 1.59. The molecule has 154 valence electrons. The molecule has 2 heterocycles. The summed E-state index contributed by atoms with van der Waals surface area (Å²) in [5, 5.41) is 9.41. The highest BCUT2D eigenvalue weighted by Crippen LogP contribution is 2.12. The van der Waals surface area contributed by atoms with E-state index in [1.807, 2.05) is 34.9 Å². The first-order chi connectivity index (χ1) is 13.8. The van der Waals surface area contributed by atoms with Crippen LogP contribution < -0.4 is 16.7 Å². The first kappa shape index (κ1) is 20.8. The molecule has 7 heteroatoms. The monoisotopic (exact) mass is 397 g/mol. The molecule has 0 amide bonds. The zero-order chi connectivity index (χ0) is 21.1. The number of unbranched alkanes of at least 4 members (excludes halogenated alkanes) is 1. The van der Waals surface area contributed by atoms with Gasteiger partial charge in [0.25, 0.3) is 5.56 Å². The van der Waals surface area contributed by atoms with Crippen molar-refractivity contribution in [1.82, 2.24) is 13.7 Å². The Morgan fingerprint density at radius 1 is 1.03 bits per heavy atom. The predicted octanol–water partition coefficient (Wildman–Crippen LogP) is 1.77. The van der Waals surface area contributed by atoms with Crippen LogP contribution in [0.3, 0.4) is 0 Å². The summed E-state index contributed by atoms with van der Waals surface area (Å²) in [6.45, 7) is 4.18. The number of hydrogen-bond acceptors (Lipinski definition) is 4. The molecule has 0 bridgehead atoms. The lowest BCUT2D eigenvalue weighted by Crippen LogP contribution is -2.42. The lowest BCUT2D eigenvalue weighted by Gasteiger charge is -2.18. The van der Waals surface area contributed by atoms with Gasteiger partial charge >= 0.3 is 5.69 Å². The minimum absolute atomic E-state index is 0.0316. The fourth-order valence-corrected chi connectivity index (χ4v) is 3.67. The van der Waals surface area contributed by atoms with Crippen LogP contribution in [0.1, 0.15) is 37.4 Å². The molecule has 1 N–H and O–H groups in total. The van der Waals surface area contributed by atoms with Gasteiger partial charge in [-0.15, -0.1) is 0 Å². The van der Waals surface area contributed by atoms with Crippen LogP contribution in [0.15, 0.2) is 50.8 Å². The number of aliphatic hydroxyl groups excluding tert-OH is 1. The molecular formula is C22H27N3O4. The molecule has 0 saturated carbocycles. The van der Waals surface area contributed by atoms with Gasteiger partial charge in [-0.25, -0.2) is 4.79 Å². The fourth-order valence-electron chi connectivity index (χ4n) is 3.67. The quantitative estimate of drug-likeness (QED) is 0.616. The smallest absolute Gasteiger partial charge is 0.332 e. The minimum Gasteiger partial charge on any atom is -0.393 e. The molecule has 0 saturated heterocycles. The molecule has 1 atom stereocenters. The number of hydrogen-bond donors (Lipinski definition) is 1. The van der Waals surface area contributed by atoms with Crippen molar-refractivity contribution < 1.29 is 5.11 Å². The van der Waals surface area contributed by atoms with Crippen LogP contribution >= 0.6 is 0 Å². The van der Waals surface area contributed by atoms with Gasteiger partial charge in [0.1, 0.15) is 11.0 Å². The van der Waals surface area contributed by atoms with Crippen molar-refractivity contribution in [3.8, 4) is 0 Å². The zero-order valence-electron chi connectivity index (χ0n) is 17.1. The molecule has 0 unspecified atom stereocenters. The number of aryl methyl sites for hydroxylation is 2. The van der Waals surface area contributed by atoms with Crippen LogP contribution in [0, 0.1) is 6.92 Å². The van der Waals surface area contributed by atoms with E-state index in [9.17, 15) is 19.5 Å². The number of aromatic nitrogens is 3. The van der Waals surface area contributed by atoms with Gasteiger partial charge in [0.05, 0.1) is 6.10 Å². The summed E-state index contributed by atoms with van der Waals surface area (Å²) in [4.78, 5) is 38.7. The molecule has 0 aliphatic heterocycles. The van der Waals surface area contributed by atoms with Crippen LogP contribution in [0.5, 0.6) is 0 Å². The number of pyridine rings is 1. The van der Waals surface area contributed by atoms with Crippen LogP contribution in [0.2, 0.25) is 0 Å². The van der Waals surface area contributed by atoms with E-state index in [2.05, 4.69) is 0 Å². The van der Waals surface area contributed by atoms with E-state index in [1.54, 1.807) is 20.9 Å². The Kier molecular flexibility index (Phi) is 6.17. The predicted molar refractivity (Wildman–Crippen MR) is 114 cm³/mol. The number of aliphatic hydroxyl groups is 1. The summed E-state index contributed by atoms with van der Waals surface area (Å²) in [5.74, 6) is 0. The summed E-state index contributed by atoms with van der Waals surface area (Å²) >= 11 is 0. The van der Waals surface area contributed by atoms with Gasteiger partial charge in [0.2, 0.25) is 0 Å². The Hall–Kier alpha value is -2.93. The first-order valence-corrected chi connectivity index (χ1v) is 9.87. The third-order valence-electron chi connectivity index (χ3n) is 5.22. The molecule has 7 nitrogen and oxygen atoms in total. The SMILES string of the molecule is Cc1cc(=O)c2c(=O)n(CCCC[C@H](C)O)c(=O)n(C)c2n1Cc1ccccc1. The Labute approximate surface area is 168 Å². The highest BCUT2D eigenvalue weighted by Gasteiger charge is 2.18. The van der Waals surface area contributed by atoms with Gasteiger partial charge in [-0.05, 0) is 38.7 Å². The maximum absolute atomic E-state index is 13.1. The standard InChI is InChI=1S/C22H27N3O4/c1-15-13-18(27)19-20(25(15)14-17-10-5-4-6-11-17)23(3)22(29)24(21(19)28)12-8-7-9-16(2)26/h4-6,10-11,13,16,26H,7-9,12,14H2,1-3H3/t16-/m0/s1. The largest absolute Gasteiger partial charge is 0.393 e. The van der Waals surface area contributed by atoms with Crippen LogP contribution in [0.25, 0.3) is 11.0 Å². The van der Waals surface area contributed by atoms with Crippen molar-refractivity contribution in [2.75, 3.05) is 0 Å². The number of benzene rings is 1. The molecule has 1 aromatic carbocycles. The third kappa shape index (κ3) is 4.24. The van der Waals surface area contributed by atoms with Gasteiger partial charge in [-0.3, -0.25) is 18.7 Å². The maximum atomic E-state index is 13.1. The maximum Gasteiger partial charge on any atom is 0.332 e. The van der Waals surface area contributed by atoms with Crippen molar-refractivity contribution in [3.63, 3.8) is 0 Å². The Bertz CT molecular complexity index is 1190. The van der Waals surface area contributed by atoms with Crippen LogP contribution in [-0.2, 0) is 20.1 Å². The molecule has 3 aromatic rings. The lowest BCUT2D eigenvalue weighted by atomic mass is 10.1. The second-order valence-electron chi connectivity index (χ2n) is 7.56. The Morgan fingerprint density at radius 2 is 1.72 bits per heavy atom. The van der Waals surface area contributed by atoms with Gasteiger partial charge in [0.15, 0.2) is 5.43 Å². The average Bonchev–Trinajstić information content (AvgIpc) is 2.68. The van der Waals surface area contributed by atoms with Crippen molar-refractivity contribution >= 4 is 11.0 Å². The fraction of sp³-hybridized carbons (Fsp3) is 0.409. The highest BCUT2D eigenvalue weighted by molar-refractivity contribution is 5.74. The van der Waals surface area contributed by atoms with Crippen molar-refractivity contribution in [2.45, 2.75) is 52.3 Å². The molecule has 0 aliphatic carbocycles. The normalized spacial score (nSPS) is 12.4. The molecule has 3 rings (SSSR count). The molecule has 2 aromatic heterocycles. The second-order valence-corrected chi connectivity index (χ2v) is 7.56. The summed E-state index contributed by atoms with van der Waals surface area (Å²) < 4.78 is 4.36. The molecule has 0 fully saturated rings. The highest BCUT2D eigenvalue weighted by atomic mass is 16.3. The third-order valence-corrected chi connectivity index (χ3v) is 5.22. The number of nitrogens with zero attached hydrogens (tertiary/aromatic N) is 3. The van der Waals surface area contributed by atoms with Crippen molar-refractivity contribution in [3.05, 3.63) is 78.7 Å². The summed E-state index contributed by atoms with van der Waals surface area (Å²) in [6, 6.07) is 11.2. The summed E-state index contributed by atoms with van der Waals surface area (Å²) in [5.41, 5.74) is 0.679. The molecule has 0 aliphatic rings. The average molecular weight is 397 g/mol. The Morgan fingerprint density at radius 3 is 2.38 bits per heavy atom. The molecule has 29 heavy (non-hydrogen) atoms. The van der Waals surface area contributed by atoms with Crippen molar-refractivity contribution in [2.24, 2.45) is 7.05 Å². The van der Waals surface area contributed by atoms with Gasteiger partial charge in [-0.1, -0.05) is 30.3 Å². The van der Waals surface area contributed by atoms with E-state index >= 15 is 0 Å². The summed E-state index contributed by atoms with van der Waals surface area (Å²) in [6.07, 6.45) is 1.46. The second kappa shape index (κ2) is 8.61. The zero-order valence-corrected chi connectivity index (χ0v) is 17.1. The lowest BCUT2D eigenvalue weighted by molar-refractivity contribution is 0.180. The van der Waals surface area contributed by atoms with E-state index < -0.39 is 17.4 Å². The topological polar surface area (TPSA) is 86.2 Å². The van der Waals surface area contributed by atoms with E-state index in [0.717, 1.165) is 10.1 Å². The van der Waals surface area contributed by atoms with Crippen LogP contribution in [0.4, 0.5) is 0 Å². The molecular weight excluding hydrogens is 370 g/mol. The Balaban J connectivity index is 2.15. The number of fused-ring (bicyclic) bond motifs is 1. The van der Waals surface area contributed by atoms with Gasteiger partial charge < -0.3 is 9.67 Å². The van der Waals surface area contributed by atoms with Gasteiger partial charge in [0, 0.05) is 31.9 Å². The number of rotatable bonds is 7.